The lowest BCUT2D eigenvalue weighted by Gasteiger charge is -2.10. The van der Waals surface area contributed by atoms with Crippen LogP contribution in [0, 0.1) is 0 Å². The summed E-state index contributed by atoms with van der Waals surface area (Å²) >= 11 is 0. The van der Waals surface area contributed by atoms with Crippen LogP contribution in [-0.4, -0.2) is 24.7 Å². The number of carbonyl (C=O) groups excluding carboxylic acids is 2. The van der Waals surface area contributed by atoms with E-state index in [0.29, 0.717) is 17.9 Å². The van der Waals surface area contributed by atoms with Crippen LogP contribution in [0.2, 0.25) is 0 Å². The molecule has 3 rings (SSSR count). The molecule has 0 heterocycles. The van der Waals surface area contributed by atoms with E-state index in [0.717, 1.165) is 10.8 Å². The predicted molar refractivity (Wildman–Crippen MR) is 112 cm³/mol. The molecule has 3 aromatic carbocycles. The summed E-state index contributed by atoms with van der Waals surface area (Å²) in [6, 6.07) is 15.3. The van der Waals surface area contributed by atoms with Crippen molar-refractivity contribution in [2.45, 2.75) is 6.18 Å². The molecule has 0 saturated carbocycles. The number of hydrogen-bond acceptors (Lipinski definition) is 5. The third kappa shape index (κ3) is 5.54. The highest BCUT2D eigenvalue weighted by atomic mass is 19.4. The molecule has 0 aliphatic rings. The van der Waals surface area contributed by atoms with Gasteiger partial charge < -0.3 is 14.2 Å². The third-order valence-electron chi connectivity index (χ3n) is 4.25. The van der Waals surface area contributed by atoms with Crippen LogP contribution >= 0.6 is 0 Å². The molecule has 0 atom stereocenters. The minimum Gasteiger partial charge on any atom is -0.490 e. The SMILES string of the molecule is C=CCOc1ccc2cc(C(=O)Oc3ccc(C(=O)OC(=C)C(F)(F)F)cc3)ccc2c1. The van der Waals surface area contributed by atoms with Gasteiger partial charge in [0, 0.05) is 0 Å². The maximum absolute atomic E-state index is 12.5. The van der Waals surface area contributed by atoms with Crippen molar-refractivity contribution in [2.75, 3.05) is 6.61 Å². The first-order valence-electron chi connectivity index (χ1n) is 9.25. The smallest absolute Gasteiger partial charge is 0.449 e. The Hall–Kier alpha value is -4.07. The number of allylic oxidation sites excluding steroid dienone is 1. The van der Waals surface area contributed by atoms with Crippen molar-refractivity contribution in [3.63, 3.8) is 0 Å². The van der Waals surface area contributed by atoms with Crippen LogP contribution in [0.5, 0.6) is 11.5 Å². The van der Waals surface area contributed by atoms with Gasteiger partial charge in [-0.1, -0.05) is 31.4 Å². The fourth-order valence-corrected chi connectivity index (χ4v) is 2.65. The molecule has 0 aromatic heterocycles. The lowest BCUT2D eigenvalue weighted by molar-refractivity contribution is -0.122. The van der Waals surface area contributed by atoms with Crippen LogP contribution in [0.25, 0.3) is 10.8 Å². The maximum Gasteiger partial charge on any atom is 0.449 e. The Morgan fingerprint density at radius 3 is 2.09 bits per heavy atom. The number of ether oxygens (including phenoxy) is 3. The molecule has 0 bridgehead atoms. The minimum absolute atomic E-state index is 0.106. The summed E-state index contributed by atoms with van der Waals surface area (Å²) in [5.41, 5.74) is 0.137. The molecule has 5 nitrogen and oxygen atoms in total. The van der Waals surface area contributed by atoms with E-state index < -0.39 is 23.9 Å². The predicted octanol–water partition coefficient (Wildman–Crippen LogP) is 5.86. The Balaban J connectivity index is 1.67. The standard InChI is InChI=1S/C24H17F3O5/c1-3-12-30-21-11-8-17-13-19(5-4-18(17)14-21)23(29)32-20-9-6-16(7-10-20)22(28)31-15(2)24(25,26)27/h3-11,13-14H,1-2,12H2. The van der Waals surface area contributed by atoms with Crippen molar-refractivity contribution < 1.29 is 37.0 Å². The van der Waals surface area contributed by atoms with E-state index in [1.165, 1.54) is 24.3 Å². The number of carbonyl (C=O) groups is 2. The molecule has 0 spiro atoms. The Morgan fingerprint density at radius 2 is 1.44 bits per heavy atom. The lowest BCUT2D eigenvalue weighted by Crippen LogP contribution is -2.17. The molecule has 3 aromatic rings. The van der Waals surface area contributed by atoms with Crippen LogP contribution in [0.1, 0.15) is 20.7 Å². The summed E-state index contributed by atoms with van der Waals surface area (Å²) in [5.74, 6) is -2.70. The van der Waals surface area contributed by atoms with E-state index in [1.807, 2.05) is 6.07 Å². The van der Waals surface area contributed by atoms with Crippen molar-refractivity contribution >= 4 is 22.7 Å². The van der Waals surface area contributed by atoms with Crippen LogP contribution in [0.4, 0.5) is 13.2 Å². The fourth-order valence-electron chi connectivity index (χ4n) is 2.65. The lowest BCUT2D eigenvalue weighted by atomic mass is 10.1. The Morgan fingerprint density at radius 1 is 0.844 bits per heavy atom. The number of rotatable bonds is 7. The van der Waals surface area contributed by atoms with Gasteiger partial charge in [-0.15, -0.1) is 0 Å². The maximum atomic E-state index is 12.5. The molecule has 32 heavy (non-hydrogen) atoms. The third-order valence-corrected chi connectivity index (χ3v) is 4.25. The quantitative estimate of drug-likeness (QED) is 0.199. The first-order valence-corrected chi connectivity index (χ1v) is 9.25. The second-order valence-corrected chi connectivity index (χ2v) is 6.55. The summed E-state index contributed by atoms with van der Waals surface area (Å²) in [4.78, 5) is 24.2. The minimum atomic E-state index is -4.84. The molecule has 0 aliphatic heterocycles. The summed E-state index contributed by atoms with van der Waals surface area (Å²) in [5, 5.41) is 1.67. The molecule has 0 unspecified atom stereocenters. The second-order valence-electron chi connectivity index (χ2n) is 6.55. The normalized spacial score (nSPS) is 11.0. The van der Waals surface area contributed by atoms with Gasteiger partial charge in [-0.2, -0.15) is 13.2 Å². The van der Waals surface area contributed by atoms with Gasteiger partial charge in [0.1, 0.15) is 18.1 Å². The van der Waals surface area contributed by atoms with Gasteiger partial charge in [-0.3, -0.25) is 0 Å². The van der Waals surface area contributed by atoms with E-state index in [9.17, 15) is 22.8 Å². The second kappa shape index (κ2) is 9.38. The van der Waals surface area contributed by atoms with E-state index in [-0.39, 0.29) is 11.3 Å². The summed E-state index contributed by atoms with van der Waals surface area (Å²) < 4.78 is 52.2. The molecular formula is C24H17F3O5. The van der Waals surface area contributed by atoms with Crippen molar-refractivity contribution in [1.82, 2.24) is 0 Å². The van der Waals surface area contributed by atoms with Crippen LogP contribution in [0.3, 0.4) is 0 Å². The van der Waals surface area contributed by atoms with Gasteiger partial charge in [0.15, 0.2) is 0 Å². The van der Waals surface area contributed by atoms with Crippen LogP contribution in [0.15, 0.2) is 85.7 Å². The van der Waals surface area contributed by atoms with E-state index in [4.69, 9.17) is 9.47 Å². The highest BCUT2D eigenvalue weighted by Gasteiger charge is 2.35. The average molecular weight is 442 g/mol. The highest BCUT2D eigenvalue weighted by Crippen LogP contribution is 2.26. The van der Waals surface area contributed by atoms with E-state index in [1.54, 1.807) is 36.4 Å². The zero-order chi connectivity index (χ0) is 23.3. The summed E-state index contributed by atoms with van der Waals surface area (Å²) in [6.07, 6.45) is -3.21. The fraction of sp³-hybridized carbons (Fsp3) is 0.0833. The van der Waals surface area contributed by atoms with Crippen molar-refractivity contribution in [2.24, 2.45) is 0 Å². The van der Waals surface area contributed by atoms with Gasteiger partial charge >= 0.3 is 18.1 Å². The molecule has 164 valence electrons. The van der Waals surface area contributed by atoms with E-state index in [2.05, 4.69) is 17.9 Å². The molecule has 8 heteroatoms. The van der Waals surface area contributed by atoms with Gasteiger partial charge in [0.05, 0.1) is 11.1 Å². The summed E-state index contributed by atoms with van der Waals surface area (Å²) in [6.45, 7) is 6.64. The zero-order valence-corrected chi connectivity index (χ0v) is 16.6. The molecule has 0 radical (unpaired) electrons. The zero-order valence-electron chi connectivity index (χ0n) is 16.6. The first kappa shape index (κ1) is 22.6. The molecule has 0 saturated heterocycles. The van der Waals surface area contributed by atoms with Gasteiger partial charge in [0.2, 0.25) is 5.76 Å². The topological polar surface area (TPSA) is 61.8 Å². The van der Waals surface area contributed by atoms with Crippen molar-refractivity contribution in [3.05, 3.63) is 96.8 Å². The first-order chi connectivity index (χ1) is 15.2. The van der Waals surface area contributed by atoms with Gasteiger partial charge in [0.25, 0.3) is 0 Å². The van der Waals surface area contributed by atoms with Crippen molar-refractivity contribution in [3.8, 4) is 11.5 Å². The van der Waals surface area contributed by atoms with Gasteiger partial charge in [-0.05, 0) is 59.3 Å². The number of hydrogen-bond donors (Lipinski definition) is 0. The number of fused-ring (bicyclic) bond motifs is 1. The molecule has 0 fully saturated rings. The molecule has 0 N–H and O–H groups in total. The number of alkyl halides is 3. The average Bonchev–Trinajstić information content (AvgIpc) is 2.76. The molecular weight excluding hydrogens is 425 g/mol. The van der Waals surface area contributed by atoms with Crippen LogP contribution in [-0.2, 0) is 4.74 Å². The number of benzene rings is 3. The number of halogens is 3. The largest absolute Gasteiger partial charge is 0.490 e. The van der Waals surface area contributed by atoms with Crippen LogP contribution < -0.4 is 9.47 Å². The van der Waals surface area contributed by atoms with Crippen molar-refractivity contribution in [1.29, 1.82) is 0 Å². The van der Waals surface area contributed by atoms with E-state index >= 15 is 0 Å². The Labute approximate surface area is 181 Å². The number of esters is 2. The Kier molecular flexibility index (Phi) is 6.63. The molecule has 0 aliphatic carbocycles. The molecule has 0 amide bonds. The monoisotopic (exact) mass is 442 g/mol. The van der Waals surface area contributed by atoms with Gasteiger partial charge in [-0.25, -0.2) is 9.59 Å². The highest BCUT2D eigenvalue weighted by molar-refractivity contribution is 5.97. The Bertz CT molecular complexity index is 1180. The summed E-state index contributed by atoms with van der Waals surface area (Å²) in [7, 11) is 0.